The van der Waals surface area contributed by atoms with E-state index in [1.807, 2.05) is 37.4 Å². The van der Waals surface area contributed by atoms with E-state index in [1.54, 1.807) is 40.1 Å². The summed E-state index contributed by atoms with van der Waals surface area (Å²) >= 11 is 0. The molecule has 0 atom stereocenters. The summed E-state index contributed by atoms with van der Waals surface area (Å²) in [6.07, 6.45) is 2.21. The van der Waals surface area contributed by atoms with Crippen LogP contribution in [0.4, 0.5) is 14.9 Å². The molecule has 184 valence electrons. The van der Waals surface area contributed by atoms with E-state index in [2.05, 4.69) is 5.32 Å². The van der Waals surface area contributed by atoms with Crippen molar-refractivity contribution in [3.05, 3.63) is 107 Å². The lowest BCUT2D eigenvalue weighted by atomic mass is 10.0. The standard InChI is InChI=1S/C27H26FN5O3/c1-31-25-13-14-32(27(35)29-16-20-10-7-15-36-20)17-22(25)24(30-31)18-33(19-8-3-2-4-9-19)26(34)21-11-5-6-12-23(21)28/h2-12,15H,13-14,16-18H2,1H3,(H,29,35). The molecule has 0 radical (unpaired) electrons. The van der Waals surface area contributed by atoms with Gasteiger partial charge in [0.05, 0.1) is 37.2 Å². The van der Waals surface area contributed by atoms with Crippen LogP contribution in [-0.2, 0) is 33.1 Å². The predicted octanol–water partition coefficient (Wildman–Crippen LogP) is 4.27. The average molecular weight is 488 g/mol. The minimum absolute atomic E-state index is 0.00918. The summed E-state index contributed by atoms with van der Waals surface area (Å²) in [7, 11) is 1.86. The van der Waals surface area contributed by atoms with E-state index >= 15 is 0 Å². The fourth-order valence-corrected chi connectivity index (χ4v) is 4.48. The van der Waals surface area contributed by atoms with Gasteiger partial charge in [0, 0.05) is 37.0 Å². The zero-order chi connectivity index (χ0) is 25.1. The first-order valence-electron chi connectivity index (χ1n) is 11.7. The summed E-state index contributed by atoms with van der Waals surface area (Å²) in [5, 5.41) is 7.58. The van der Waals surface area contributed by atoms with Crippen LogP contribution in [0.1, 0.15) is 33.1 Å². The molecule has 5 rings (SSSR count). The molecule has 0 aliphatic carbocycles. The highest BCUT2D eigenvalue weighted by molar-refractivity contribution is 6.06. The molecule has 2 aromatic heterocycles. The molecule has 4 aromatic rings. The third-order valence-corrected chi connectivity index (χ3v) is 6.33. The smallest absolute Gasteiger partial charge is 0.318 e. The maximum Gasteiger partial charge on any atom is 0.318 e. The van der Waals surface area contributed by atoms with Gasteiger partial charge in [0.15, 0.2) is 0 Å². The molecule has 0 spiro atoms. The number of para-hydroxylation sites is 1. The van der Waals surface area contributed by atoms with Gasteiger partial charge < -0.3 is 19.5 Å². The summed E-state index contributed by atoms with van der Waals surface area (Å²) < 4.78 is 21.6. The molecule has 36 heavy (non-hydrogen) atoms. The number of nitrogens with zero attached hydrogens (tertiary/aromatic N) is 4. The number of halogens is 1. The fourth-order valence-electron chi connectivity index (χ4n) is 4.48. The summed E-state index contributed by atoms with van der Waals surface area (Å²) in [6, 6.07) is 18.5. The van der Waals surface area contributed by atoms with Gasteiger partial charge in [-0.15, -0.1) is 0 Å². The van der Waals surface area contributed by atoms with E-state index in [0.29, 0.717) is 43.2 Å². The van der Waals surface area contributed by atoms with Crippen LogP contribution in [0.15, 0.2) is 77.4 Å². The average Bonchev–Trinajstić information content (AvgIpc) is 3.54. The van der Waals surface area contributed by atoms with Crippen LogP contribution in [0.25, 0.3) is 0 Å². The Balaban J connectivity index is 1.40. The van der Waals surface area contributed by atoms with E-state index in [1.165, 1.54) is 17.0 Å². The second-order valence-electron chi connectivity index (χ2n) is 8.61. The van der Waals surface area contributed by atoms with Crippen LogP contribution < -0.4 is 10.2 Å². The van der Waals surface area contributed by atoms with E-state index < -0.39 is 11.7 Å². The van der Waals surface area contributed by atoms with E-state index in [4.69, 9.17) is 9.52 Å². The van der Waals surface area contributed by atoms with Crippen molar-refractivity contribution >= 4 is 17.6 Å². The lowest BCUT2D eigenvalue weighted by molar-refractivity contribution is 0.0980. The van der Waals surface area contributed by atoms with Gasteiger partial charge in [-0.2, -0.15) is 5.10 Å². The van der Waals surface area contributed by atoms with Gasteiger partial charge in [0.1, 0.15) is 11.6 Å². The van der Waals surface area contributed by atoms with Crippen LogP contribution in [0.2, 0.25) is 0 Å². The first-order chi connectivity index (χ1) is 17.5. The Hall–Kier alpha value is -4.40. The Labute approximate surface area is 207 Å². The second-order valence-corrected chi connectivity index (χ2v) is 8.61. The molecule has 0 saturated carbocycles. The summed E-state index contributed by atoms with van der Waals surface area (Å²) in [6.45, 7) is 1.35. The topological polar surface area (TPSA) is 83.6 Å². The highest BCUT2D eigenvalue weighted by atomic mass is 19.1. The SMILES string of the molecule is Cn1nc(CN(C(=O)c2ccccc2F)c2ccccc2)c2c1CCN(C(=O)NCc1ccco1)C2. The molecule has 1 N–H and O–H groups in total. The Morgan fingerprint density at radius 2 is 1.86 bits per heavy atom. The summed E-state index contributed by atoms with van der Waals surface area (Å²) in [5.74, 6) is -0.360. The van der Waals surface area contributed by atoms with Gasteiger partial charge in [-0.05, 0) is 36.4 Å². The number of rotatable bonds is 6. The van der Waals surface area contributed by atoms with Gasteiger partial charge in [-0.3, -0.25) is 9.48 Å². The zero-order valence-electron chi connectivity index (χ0n) is 19.9. The number of aromatic nitrogens is 2. The molecule has 2 aromatic carbocycles. The van der Waals surface area contributed by atoms with E-state index in [0.717, 1.165) is 11.3 Å². The normalized spacial score (nSPS) is 12.8. The van der Waals surface area contributed by atoms with Gasteiger partial charge in [-0.25, -0.2) is 9.18 Å². The quantitative estimate of drug-likeness (QED) is 0.440. The molecular formula is C27H26FN5O3. The lowest BCUT2D eigenvalue weighted by Gasteiger charge is -2.28. The Morgan fingerprint density at radius 1 is 1.08 bits per heavy atom. The zero-order valence-corrected chi connectivity index (χ0v) is 19.9. The van der Waals surface area contributed by atoms with Crippen molar-refractivity contribution in [2.45, 2.75) is 26.1 Å². The molecule has 1 aliphatic rings. The number of furan rings is 1. The van der Waals surface area contributed by atoms with Crippen LogP contribution >= 0.6 is 0 Å². The van der Waals surface area contributed by atoms with Gasteiger partial charge in [0.25, 0.3) is 5.91 Å². The number of anilines is 1. The number of hydrogen-bond acceptors (Lipinski definition) is 4. The number of hydrogen-bond donors (Lipinski definition) is 1. The van der Waals surface area contributed by atoms with Crippen molar-refractivity contribution in [1.29, 1.82) is 0 Å². The molecule has 1 aliphatic heterocycles. The van der Waals surface area contributed by atoms with Crippen molar-refractivity contribution in [1.82, 2.24) is 20.0 Å². The first-order valence-corrected chi connectivity index (χ1v) is 11.7. The number of urea groups is 1. The molecule has 3 heterocycles. The molecule has 0 saturated heterocycles. The Morgan fingerprint density at radius 3 is 2.61 bits per heavy atom. The highest BCUT2D eigenvalue weighted by Gasteiger charge is 2.29. The van der Waals surface area contributed by atoms with E-state index in [9.17, 15) is 14.0 Å². The maximum atomic E-state index is 14.5. The van der Waals surface area contributed by atoms with Crippen molar-refractivity contribution in [3.63, 3.8) is 0 Å². The third-order valence-electron chi connectivity index (χ3n) is 6.33. The first kappa shape index (κ1) is 23.3. The molecular weight excluding hydrogens is 461 g/mol. The third kappa shape index (κ3) is 4.72. The summed E-state index contributed by atoms with van der Waals surface area (Å²) in [5.41, 5.74) is 3.22. The maximum absolute atomic E-state index is 14.5. The lowest BCUT2D eigenvalue weighted by Crippen LogP contribution is -2.43. The fraction of sp³-hybridized carbons (Fsp3) is 0.222. The van der Waals surface area contributed by atoms with E-state index in [-0.39, 0.29) is 18.1 Å². The van der Waals surface area contributed by atoms with Crippen LogP contribution in [-0.4, -0.2) is 33.2 Å². The number of nitrogens with one attached hydrogen (secondary N) is 1. The molecule has 3 amide bonds. The Bertz CT molecular complexity index is 1370. The number of amides is 3. The largest absolute Gasteiger partial charge is 0.467 e. The monoisotopic (exact) mass is 487 g/mol. The van der Waals surface area contributed by atoms with Gasteiger partial charge >= 0.3 is 6.03 Å². The van der Waals surface area contributed by atoms with Crippen molar-refractivity contribution < 1.29 is 18.4 Å². The number of carbonyl (C=O) groups excluding carboxylic acids is 2. The number of fused-ring (bicyclic) bond motifs is 1. The van der Waals surface area contributed by atoms with Crippen LogP contribution in [0, 0.1) is 5.82 Å². The van der Waals surface area contributed by atoms with Gasteiger partial charge in [-0.1, -0.05) is 30.3 Å². The molecule has 0 bridgehead atoms. The summed E-state index contributed by atoms with van der Waals surface area (Å²) in [4.78, 5) is 29.6. The molecule has 0 fully saturated rings. The molecule has 8 nitrogen and oxygen atoms in total. The van der Waals surface area contributed by atoms with Crippen molar-refractivity contribution in [2.75, 3.05) is 11.4 Å². The van der Waals surface area contributed by atoms with Crippen molar-refractivity contribution in [3.8, 4) is 0 Å². The highest BCUT2D eigenvalue weighted by Crippen LogP contribution is 2.27. The van der Waals surface area contributed by atoms with Crippen molar-refractivity contribution in [2.24, 2.45) is 7.05 Å². The number of benzene rings is 2. The number of aryl methyl sites for hydroxylation is 1. The minimum Gasteiger partial charge on any atom is -0.467 e. The predicted molar refractivity (Wildman–Crippen MR) is 132 cm³/mol. The molecule has 0 unspecified atom stereocenters. The van der Waals surface area contributed by atoms with Crippen LogP contribution in [0.3, 0.4) is 0 Å². The van der Waals surface area contributed by atoms with Gasteiger partial charge in [0.2, 0.25) is 0 Å². The molecule has 9 heteroatoms. The minimum atomic E-state index is -0.578. The number of carbonyl (C=O) groups is 2. The van der Waals surface area contributed by atoms with Crippen LogP contribution in [0.5, 0.6) is 0 Å². The second kappa shape index (κ2) is 10.1. The Kier molecular flexibility index (Phi) is 6.53.